The Morgan fingerprint density at radius 3 is 2.32 bits per heavy atom. The van der Waals surface area contributed by atoms with Crippen molar-refractivity contribution in [2.45, 2.75) is 24.7 Å². The summed E-state index contributed by atoms with van der Waals surface area (Å²) in [4.78, 5) is 14.2. The van der Waals surface area contributed by atoms with Crippen molar-refractivity contribution in [3.05, 3.63) is 65.7 Å². The van der Waals surface area contributed by atoms with Gasteiger partial charge < -0.3 is 0 Å². The predicted molar refractivity (Wildman–Crippen MR) is 84.8 cm³/mol. The van der Waals surface area contributed by atoms with Crippen molar-refractivity contribution in [2.75, 3.05) is 0 Å². The van der Waals surface area contributed by atoms with Gasteiger partial charge in [-0.1, -0.05) is 44.2 Å². The number of amides is 1. The normalized spacial score (nSPS) is 11.4. The van der Waals surface area contributed by atoms with Crippen LogP contribution in [0.1, 0.15) is 35.7 Å². The van der Waals surface area contributed by atoms with Gasteiger partial charge in [0.2, 0.25) is 0 Å². The maximum absolute atomic E-state index is 12.1. The van der Waals surface area contributed by atoms with E-state index < -0.39 is 15.9 Å². The molecule has 0 unspecified atom stereocenters. The molecule has 116 valence electrons. The topological polar surface area (TPSA) is 75.3 Å². The molecule has 0 aliphatic heterocycles. The Bertz CT molecular complexity index is 756. The molecule has 0 aromatic heterocycles. The summed E-state index contributed by atoms with van der Waals surface area (Å²) in [5.41, 5.74) is 3.64. The van der Waals surface area contributed by atoms with E-state index in [-0.39, 0.29) is 10.8 Å². The van der Waals surface area contributed by atoms with Crippen LogP contribution in [-0.2, 0) is 10.0 Å². The molecule has 0 heterocycles. The summed E-state index contributed by atoms with van der Waals surface area (Å²) in [6, 6.07) is 14.9. The number of hydrogen-bond donors (Lipinski definition) is 2. The number of carbonyl (C=O) groups is 1. The molecule has 0 bridgehead atoms. The zero-order valence-corrected chi connectivity index (χ0v) is 13.2. The number of benzene rings is 2. The van der Waals surface area contributed by atoms with Crippen LogP contribution in [0.2, 0.25) is 0 Å². The van der Waals surface area contributed by atoms with Gasteiger partial charge in [0.15, 0.2) is 0 Å². The number of nitrogens with one attached hydrogen (secondary N) is 2. The summed E-state index contributed by atoms with van der Waals surface area (Å²) in [6.45, 7) is 4.05. The monoisotopic (exact) mass is 318 g/mol. The molecule has 2 N–H and O–H groups in total. The highest BCUT2D eigenvalue weighted by atomic mass is 32.2. The van der Waals surface area contributed by atoms with E-state index in [1.54, 1.807) is 36.4 Å². The molecule has 5 nitrogen and oxygen atoms in total. The third kappa shape index (κ3) is 3.93. The van der Waals surface area contributed by atoms with E-state index >= 15 is 0 Å². The molecule has 0 aliphatic carbocycles. The largest absolute Gasteiger partial charge is 0.273 e. The molecule has 2 rings (SSSR count). The Balaban J connectivity index is 2.09. The molecule has 0 radical (unpaired) electrons. The average molecular weight is 318 g/mol. The van der Waals surface area contributed by atoms with E-state index in [0.717, 1.165) is 5.56 Å². The van der Waals surface area contributed by atoms with E-state index in [2.05, 4.69) is 10.3 Å². The van der Waals surface area contributed by atoms with Gasteiger partial charge in [-0.05, 0) is 35.7 Å². The van der Waals surface area contributed by atoms with Crippen molar-refractivity contribution in [2.24, 2.45) is 0 Å². The van der Waals surface area contributed by atoms with E-state index in [4.69, 9.17) is 0 Å². The molecule has 6 heteroatoms. The van der Waals surface area contributed by atoms with Gasteiger partial charge in [-0.3, -0.25) is 10.2 Å². The quantitative estimate of drug-likeness (QED) is 0.831. The van der Waals surface area contributed by atoms with Crippen LogP contribution in [0.25, 0.3) is 0 Å². The van der Waals surface area contributed by atoms with E-state index in [0.29, 0.717) is 5.56 Å². The average Bonchev–Trinajstić information content (AvgIpc) is 2.53. The molecule has 0 saturated carbocycles. The van der Waals surface area contributed by atoms with Crippen LogP contribution in [0.15, 0.2) is 59.5 Å². The van der Waals surface area contributed by atoms with Gasteiger partial charge in [-0.25, -0.2) is 8.42 Å². The lowest BCUT2D eigenvalue weighted by atomic mass is 10.0. The van der Waals surface area contributed by atoms with Crippen LogP contribution in [0.4, 0.5) is 0 Å². The molecule has 0 fully saturated rings. The Hall–Kier alpha value is -2.18. The molecule has 0 atom stereocenters. The summed E-state index contributed by atoms with van der Waals surface area (Å²) in [6.07, 6.45) is 0. The smallest absolute Gasteiger partial charge is 0.266 e. The minimum absolute atomic E-state index is 0.0891. The third-order valence-electron chi connectivity index (χ3n) is 3.17. The number of carbonyl (C=O) groups excluding carboxylic acids is 1. The first-order valence-corrected chi connectivity index (χ1v) is 8.35. The first-order valence-electron chi connectivity index (χ1n) is 6.87. The molecular formula is C16H18N2O3S. The van der Waals surface area contributed by atoms with Gasteiger partial charge in [0.05, 0.1) is 4.90 Å². The second-order valence-electron chi connectivity index (χ2n) is 5.15. The lowest BCUT2D eigenvalue weighted by molar-refractivity contribution is 0.0945. The molecule has 0 spiro atoms. The molecule has 2 aromatic rings. The Morgan fingerprint density at radius 1 is 1.00 bits per heavy atom. The van der Waals surface area contributed by atoms with Crippen LogP contribution < -0.4 is 10.3 Å². The third-order valence-corrected chi connectivity index (χ3v) is 4.43. The second kappa shape index (κ2) is 6.72. The van der Waals surface area contributed by atoms with Gasteiger partial charge in [0, 0.05) is 5.56 Å². The lowest BCUT2D eigenvalue weighted by Crippen LogP contribution is -2.41. The highest BCUT2D eigenvalue weighted by Crippen LogP contribution is 2.15. The fourth-order valence-electron chi connectivity index (χ4n) is 1.88. The standard InChI is InChI=1S/C16H18N2O3S/c1-12(2)13-7-6-8-14(11-13)16(19)17-18-22(20,21)15-9-4-3-5-10-15/h3-12,18H,1-2H3,(H,17,19). The molecule has 1 amide bonds. The number of sulfonamides is 1. The van der Waals surface area contributed by atoms with Gasteiger partial charge in [-0.15, -0.1) is 4.83 Å². The van der Waals surface area contributed by atoms with Crippen molar-refractivity contribution >= 4 is 15.9 Å². The molecule has 0 saturated heterocycles. The summed E-state index contributed by atoms with van der Waals surface area (Å²) < 4.78 is 24.0. The molecule has 0 aliphatic rings. The van der Waals surface area contributed by atoms with Crippen molar-refractivity contribution in [3.8, 4) is 0 Å². The van der Waals surface area contributed by atoms with Crippen LogP contribution >= 0.6 is 0 Å². The highest BCUT2D eigenvalue weighted by Gasteiger charge is 2.15. The van der Waals surface area contributed by atoms with Crippen molar-refractivity contribution < 1.29 is 13.2 Å². The SMILES string of the molecule is CC(C)c1cccc(C(=O)NNS(=O)(=O)c2ccccc2)c1. The van der Waals surface area contributed by atoms with Crippen molar-refractivity contribution in [1.82, 2.24) is 10.3 Å². The van der Waals surface area contributed by atoms with Crippen molar-refractivity contribution in [3.63, 3.8) is 0 Å². The fraction of sp³-hybridized carbons (Fsp3) is 0.188. The van der Waals surface area contributed by atoms with E-state index in [9.17, 15) is 13.2 Å². The second-order valence-corrected chi connectivity index (χ2v) is 6.84. The first-order chi connectivity index (χ1) is 10.4. The Morgan fingerprint density at radius 2 is 1.68 bits per heavy atom. The van der Waals surface area contributed by atoms with Gasteiger partial charge in [0.1, 0.15) is 0 Å². The summed E-state index contributed by atoms with van der Waals surface area (Å²) in [7, 11) is -3.77. The van der Waals surface area contributed by atoms with Crippen LogP contribution in [0.5, 0.6) is 0 Å². The number of rotatable bonds is 5. The lowest BCUT2D eigenvalue weighted by Gasteiger charge is -2.10. The van der Waals surface area contributed by atoms with Crippen LogP contribution in [0, 0.1) is 0 Å². The van der Waals surface area contributed by atoms with E-state index in [1.165, 1.54) is 12.1 Å². The predicted octanol–water partition coefficient (Wildman–Crippen LogP) is 2.43. The maximum Gasteiger partial charge on any atom is 0.266 e. The van der Waals surface area contributed by atoms with Crippen molar-refractivity contribution in [1.29, 1.82) is 0 Å². The fourth-order valence-corrected chi connectivity index (χ4v) is 2.74. The van der Waals surface area contributed by atoms with Gasteiger partial charge in [-0.2, -0.15) is 0 Å². The zero-order chi connectivity index (χ0) is 16.2. The minimum Gasteiger partial charge on any atom is -0.273 e. The summed E-state index contributed by atoms with van der Waals surface area (Å²) in [5, 5.41) is 0. The summed E-state index contributed by atoms with van der Waals surface area (Å²) in [5.74, 6) is -0.212. The van der Waals surface area contributed by atoms with E-state index in [1.807, 2.05) is 19.9 Å². The Labute approximate surface area is 130 Å². The minimum atomic E-state index is -3.77. The number of hydrogen-bond acceptors (Lipinski definition) is 3. The summed E-state index contributed by atoms with van der Waals surface area (Å²) >= 11 is 0. The highest BCUT2D eigenvalue weighted by molar-refractivity contribution is 7.89. The molecular weight excluding hydrogens is 300 g/mol. The maximum atomic E-state index is 12.1. The van der Waals surface area contributed by atoms with Crippen LogP contribution in [0.3, 0.4) is 0 Å². The first kappa shape index (κ1) is 16.2. The Kier molecular flexibility index (Phi) is 4.95. The van der Waals surface area contributed by atoms with Gasteiger partial charge in [0.25, 0.3) is 15.9 Å². The van der Waals surface area contributed by atoms with Crippen LogP contribution in [-0.4, -0.2) is 14.3 Å². The van der Waals surface area contributed by atoms with Gasteiger partial charge >= 0.3 is 0 Å². The zero-order valence-electron chi connectivity index (χ0n) is 12.4. The molecule has 22 heavy (non-hydrogen) atoms. The molecule has 2 aromatic carbocycles. The number of hydrazine groups is 1.